The molecular weight excluding hydrogens is 220 g/mol. The van der Waals surface area contributed by atoms with E-state index < -0.39 is 0 Å². The molecule has 0 radical (unpaired) electrons. The van der Waals surface area contributed by atoms with Crippen LogP contribution in [0.2, 0.25) is 0 Å². The van der Waals surface area contributed by atoms with Gasteiger partial charge in [-0.15, -0.1) is 0 Å². The molecule has 2 heterocycles. The molecule has 0 aromatic heterocycles. The third kappa shape index (κ3) is 2.54. The van der Waals surface area contributed by atoms with E-state index in [0.717, 1.165) is 5.92 Å². The van der Waals surface area contributed by atoms with Crippen molar-refractivity contribution in [1.82, 2.24) is 5.32 Å². The van der Waals surface area contributed by atoms with Crippen molar-refractivity contribution in [2.75, 3.05) is 31.1 Å². The molecule has 2 nitrogen and oxygen atoms in total. The molecule has 1 atom stereocenters. The molecule has 1 N–H and O–H groups in total. The lowest BCUT2D eigenvalue weighted by Crippen LogP contribution is -2.40. The molecule has 1 aromatic rings. The summed E-state index contributed by atoms with van der Waals surface area (Å²) in [4.78, 5) is 2.62. The normalized spacial score (nSPS) is 23.8. The number of nitrogens with zero attached hydrogens (tertiary/aromatic N) is 1. The number of piperidine rings is 1. The molecule has 0 amide bonds. The molecule has 3 rings (SSSR count). The van der Waals surface area contributed by atoms with Gasteiger partial charge in [-0.05, 0) is 63.2 Å². The highest BCUT2D eigenvalue weighted by molar-refractivity contribution is 5.56. The van der Waals surface area contributed by atoms with E-state index >= 15 is 0 Å². The molecule has 1 aromatic carbocycles. The topological polar surface area (TPSA) is 15.3 Å². The van der Waals surface area contributed by atoms with Gasteiger partial charge in [-0.2, -0.15) is 0 Å². The van der Waals surface area contributed by atoms with Crippen molar-refractivity contribution in [3.8, 4) is 0 Å². The van der Waals surface area contributed by atoms with E-state index in [1.165, 1.54) is 63.1 Å². The highest BCUT2D eigenvalue weighted by Gasteiger charge is 2.21. The van der Waals surface area contributed by atoms with Gasteiger partial charge in [0.05, 0.1) is 0 Å². The second-order valence-electron chi connectivity index (χ2n) is 5.89. The first-order valence-electron chi connectivity index (χ1n) is 7.38. The Morgan fingerprint density at radius 2 is 2.28 bits per heavy atom. The Morgan fingerprint density at radius 1 is 1.33 bits per heavy atom. The van der Waals surface area contributed by atoms with Crippen molar-refractivity contribution < 1.29 is 0 Å². The van der Waals surface area contributed by atoms with Gasteiger partial charge in [-0.1, -0.05) is 17.7 Å². The number of anilines is 1. The summed E-state index contributed by atoms with van der Waals surface area (Å²) < 4.78 is 0. The third-order valence-electron chi connectivity index (χ3n) is 4.33. The third-order valence-corrected chi connectivity index (χ3v) is 4.33. The summed E-state index contributed by atoms with van der Waals surface area (Å²) in [5, 5.41) is 3.53. The minimum Gasteiger partial charge on any atom is -0.371 e. The second-order valence-corrected chi connectivity index (χ2v) is 5.89. The molecule has 2 aliphatic heterocycles. The van der Waals surface area contributed by atoms with Crippen molar-refractivity contribution in [2.24, 2.45) is 5.92 Å². The molecule has 18 heavy (non-hydrogen) atoms. The number of fused-ring (bicyclic) bond motifs is 1. The molecule has 98 valence electrons. The van der Waals surface area contributed by atoms with Gasteiger partial charge >= 0.3 is 0 Å². The molecule has 1 fully saturated rings. The average molecular weight is 244 g/mol. The van der Waals surface area contributed by atoms with E-state index in [2.05, 4.69) is 35.3 Å². The zero-order valence-electron chi connectivity index (χ0n) is 11.4. The van der Waals surface area contributed by atoms with E-state index in [0.29, 0.717) is 0 Å². The Morgan fingerprint density at radius 3 is 3.11 bits per heavy atom. The van der Waals surface area contributed by atoms with E-state index in [1.54, 1.807) is 5.56 Å². The van der Waals surface area contributed by atoms with Crippen LogP contribution in [0.25, 0.3) is 0 Å². The summed E-state index contributed by atoms with van der Waals surface area (Å²) in [6, 6.07) is 6.97. The summed E-state index contributed by atoms with van der Waals surface area (Å²) in [7, 11) is 0. The summed E-state index contributed by atoms with van der Waals surface area (Å²) in [5.74, 6) is 0.839. The summed E-state index contributed by atoms with van der Waals surface area (Å²) in [6.45, 7) is 7.10. The van der Waals surface area contributed by atoms with Gasteiger partial charge in [0.1, 0.15) is 0 Å². The van der Waals surface area contributed by atoms with Crippen LogP contribution in [0.4, 0.5) is 5.69 Å². The fraction of sp³-hybridized carbons (Fsp3) is 0.625. The van der Waals surface area contributed by atoms with E-state index in [1.807, 2.05) is 0 Å². The first-order chi connectivity index (χ1) is 8.83. The van der Waals surface area contributed by atoms with Crippen molar-refractivity contribution in [3.05, 3.63) is 29.3 Å². The van der Waals surface area contributed by atoms with Gasteiger partial charge in [0.15, 0.2) is 0 Å². The number of hydrogen-bond donors (Lipinski definition) is 1. The maximum atomic E-state index is 3.53. The van der Waals surface area contributed by atoms with Crippen LogP contribution in [0.15, 0.2) is 18.2 Å². The molecule has 2 heteroatoms. The van der Waals surface area contributed by atoms with Crippen LogP contribution in [0.3, 0.4) is 0 Å². The number of hydrogen-bond acceptors (Lipinski definition) is 2. The van der Waals surface area contributed by atoms with Crippen LogP contribution in [-0.2, 0) is 6.42 Å². The minimum absolute atomic E-state index is 0.839. The molecule has 1 unspecified atom stereocenters. The Bertz CT molecular complexity index is 408. The molecule has 0 aliphatic carbocycles. The van der Waals surface area contributed by atoms with Crippen LogP contribution in [0, 0.1) is 12.8 Å². The minimum atomic E-state index is 0.839. The standard InChI is InChI=1S/C16H24N2/c1-13-6-7-16-15(10-13)5-3-9-18(16)12-14-4-2-8-17-11-14/h6-7,10,14,17H,2-5,8-9,11-12H2,1H3. The van der Waals surface area contributed by atoms with Gasteiger partial charge in [-0.25, -0.2) is 0 Å². The molecule has 2 aliphatic rings. The number of aryl methyl sites for hydroxylation is 2. The number of benzene rings is 1. The molecular formula is C16H24N2. The largest absolute Gasteiger partial charge is 0.371 e. The quantitative estimate of drug-likeness (QED) is 0.860. The Balaban J connectivity index is 1.74. The second kappa shape index (κ2) is 5.31. The van der Waals surface area contributed by atoms with Gasteiger partial charge in [0.25, 0.3) is 0 Å². The molecule has 1 saturated heterocycles. The van der Waals surface area contributed by atoms with E-state index in [-0.39, 0.29) is 0 Å². The van der Waals surface area contributed by atoms with Crippen LogP contribution < -0.4 is 10.2 Å². The van der Waals surface area contributed by atoms with E-state index in [4.69, 9.17) is 0 Å². The van der Waals surface area contributed by atoms with Crippen molar-refractivity contribution in [1.29, 1.82) is 0 Å². The fourth-order valence-corrected chi connectivity index (χ4v) is 3.38. The Kier molecular flexibility index (Phi) is 3.55. The highest BCUT2D eigenvalue weighted by atomic mass is 15.1. The predicted molar refractivity (Wildman–Crippen MR) is 77.3 cm³/mol. The summed E-state index contributed by atoms with van der Waals surface area (Å²) >= 11 is 0. The van der Waals surface area contributed by atoms with Gasteiger partial charge in [0.2, 0.25) is 0 Å². The number of nitrogens with one attached hydrogen (secondary N) is 1. The van der Waals surface area contributed by atoms with Gasteiger partial charge in [0, 0.05) is 18.8 Å². The van der Waals surface area contributed by atoms with Gasteiger partial charge < -0.3 is 10.2 Å². The predicted octanol–water partition coefficient (Wildman–Crippen LogP) is 2.75. The van der Waals surface area contributed by atoms with Gasteiger partial charge in [-0.3, -0.25) is 0 Å². The van der Waals surface area contributed by atoms with Crippen LogP contribution in [-0.4, -0.2) is 26.2 Å². The highest BCUT2D eigenvalue weighted by Crippen LogP contribution is 2.29. The lowest BCUT2D eigenvalue weighted by molar-refractivity contribution is 0.374. The van der Waals surface area contributed by atoms with Crippen molar-refractivity contribution in [3.63, 3.8) is 0 Å². The summed E-state index contributed by atoms with van der Waals surface area (Å²) in [5.41, 5.74) is 4.46. The zero-order valence-corrected chi connectivity index (χ0v) is 11.4. The van der Waals surface area contributed by atoms with Crippen molar-refractivity contribution in [2.45, 2.75) is 32.6 Å². The zero-order chi connectivity index (χ0) is 12.4. The van der Waals surface area contributed by atoms with E-state index in [9.17, 15) is 0 Å². The monoisotopic (exact) mass is 244 g/mol. The summed E-state index contributed by atoms with van der Waals surface area (Å²) in [6.07, 6.45) is 5.32. The molecule has 0 bridgehead atoms. The first kappa shape index (κ1) is 12.0. The maximum absolute atomic E-state index is 3.53. The lowest BCUT2D eigenvalue weighted by atomic mass is 9.95. The van der Waals surface area contributed by atoms with Crippen LogP contribution >= 0.6 is 0 Å². The average Bonchev–Trinajstić information content (AvgIpc) is 2.40. The smallest absolute Gasteiger partial charge is 0.0399 e. The van der Waals surface area contributed by atoms with Crippen LogP contribution in [0.1, 0.15) is 30.4 Å². The lowest BCUT2D eigenvalue weighted by Gasteiger charge is -2.35. The molecule has 0 spiro atoms. The molecule has 0 saturated carbocycles. The SMILES string of the molecule is Cc1ccc2c(c1)CCCN2CC1CCCNC1. The van der Waals surface area contributed by atoms with Crippen molar-refractivity contribution >= 4 is 5.69 Å². The fourth-order valence-electron chi connectivity index (χ4n) is 3.38. The maximum Gasteiger partial charge on any atom is 0.0399 e. The number of rotatable bonds is 2. The Labute approximate surface area is 110 Å². The van der Waals surface area contributed by atoms with Crippen LogP contribution in [0.5, 0.6) is 0 Å². The first-order valence-corrected chi connectivity index (χ1v) is 7.38. The Hall–Kier alpha value is -1.02.